The number of nitrogens with one attached hydrogen (secondary N) is 1. The molecule has 0 amide bonds. The zero-order valence-corrected chi connectivity index (χ0v) is 10.1. The van der Waals surface area contributed by atoms with Crippen molar-refractivity contribution < 1.29 is 0 Å². The molecule has 2 saturated heterocycles. The van der Waals surface area contributed by atoms with Crippen LogP contribution in [0, 0.1) is 0 Å². The van der Waals surface area contributed by atoms with Crippen LogP contribution < -0.4 is 5.32 Å². The lowest BCUT2D eigenvalue weighted by Gasteiger charge is -2.38. The van der Waals surface area contributed by atoms with Crippen molar-refractivity contribution in [3.8, 4) is 0 Å². The Morgan fingerprint density at radius 2 is 1.79 bits per heavy atom. The number of hydrogen-bond donors (Lipinski definition) is 1. The minimum atomic E-state index is 0.732. The molecule has 2 nitrogen and oxygen atoms in total. The van der Waals surface area contributed by atoms with Crippen molar-refractivity contribution in [1.29, 1.82) is 0 Å². The summed E-state index contributed by atoms with van der Waals surface area (Å²) in [5, 5.41) is 3.77. The first-order valence-corrected chi connectivity index (χ1v) is 6.99. The van der Waals surface area contributed by atoms with E-state index in [2.05, 4.69) is 35.8 Å². The molecule has 0 saturated carbocycles. The number of likely N-dealkylation sites (tertiary alicyclic amines) is 1. The van der Waals surface area contributed by atoms with Crippen molar-refractivity contribution >= 4 is 11.8 Å². The Morgan fingerprint density at radius 1 is 1.14 bits per heavy atom. The fourth-order valence-electron chi connectivity index (χ4n) is 2.25. The van der Waals surface area contributed by atoms with E-state index in [4.69, 9.17) is 0 Å². The first-order chi connectivity index (χ1) is 6.75. The third kappa shape index (κ3) is 2.65. The summed E-state index contributed by atoms with van der Waals surface area (Å²) in [6.45, 7) is 7.18. The molecule has 0 spiro atoms. The second-order valence-electron chi connectivity index (χ2n) is 4.81. The van der Waals surface area contributed by atoms with Crippen molar-refractivity contribution in [2.24, 2.45) is 0 Å². The smallest absolute Gasteiger partial charge is 0.0251 e. The maximum absolute atomic E-state index is 3.77. The van der Waals surface area contributed by atoms with Gasteiger partial charge in [-0.3, -0.25) is 0 Å². The van der Waals surface area contributed by atoms with Crippen LogP contribution in [0.5, 0.6) is 0 Å². The van der Waals surface area contributed by atoms with E-state index in [1.54, 1.807) is 0 Å². The highest BCUT2D eigenvalue weighted by Crippen LogP contribution is 2.20. The summed E-state index contributed by atoms with van der Waals surface area (Å²) in [6.07, 6.45) is 2.69. The molecule has 2 rings (SSSR count). The fraction of sp³-hybridized carbons (Fsp3) is 1.00. The summed E-state index contributed by atoms with van der Waals surface area (Å²) >= 11 is 2.07. The predicted octanol–water partition coefficient (Wildman–Crippen LogP) is 1.56. The van der Waals surface area contributed by atoms with Crippen LogP contribution in [-0.2, 0) is 0 Å². The zero-order valence-electron chi connectivity index (χ0n) is 9.33. The molecule has 2 aliphatic heterocycles. The Kier molecular flexibility index (Phi) is 3.74. The quantitative estimate of drug-likeness (QED) is 0.767. The van der Waals surface area contributed by atoms with Gasteiger partial charge in [0.15, 0.2) is 0 Å². The van der Waals surface area contributed by atoms with E-state index < -0.39 is 0 Å². The van der Waals surface area contributed by atoms with Crippen LogP contribution in [-0.4, -0.2) is 47.6 Å². The van der Waals surface area contributed by atoms with Gasteiger partial charge in [0.25, 0.3) is 0 Å². The van der Waals surface area contributed by atoms with E-state index in [1.165, 1.54) is 37.4 Å². The summed E-state index contributed by atoms with van der Waals surface area (Å²) in [7, 11) is 0. The third-order valence-corrected chi connectivity index (χ3v) is 4.65. The SMILES string of the molecule is CC(C)N1CCC(NC2CSC2)CC1. The first kappa shape index (κ1) is 10.8. The third-order valence-electron chi connectivity index (χ3n) is 3.37. The van der Waals surface area contributed by atoms with E-state index in [1.807, 2.05) is 0 Å². The van der Waals surface area contributed by atoms with Crippen molar-refractivity contribution in [2.75, 3.05) is 24.6 Å². The summed E-state index contributed by atoms with van der Waals surface area (Å²) in [4.78, 5) is 2.59. The lowest BCUT2D eigenvalue weighted by Crippen LogP contribution is -2.51. The Balaban J connectivity index is 1.67. The van der Waals surface area contributed by atoms with Crippen molar-refractivity contribution in [3.05, 3.63) is 0 Å². The van der Waals surface area contributed by atoms with Crippen LogP contribution in [0.1, 0.15) is 26.7 Å². The maximum atomic E-state index is 3.77. The van der Waals surface area contributed by atoms with Crippen LogP contribution >= 0.6 is 11.8 Å². The molecule has 82 valence electrons. The van der Waals surface area contributed by atoms with Crippen LogP contribution in [0.4, 0.5) is 0 Å². The van der Waals surface area contributed by atoms with Crippen LogP contribution in [0.3, 0.4) is 0 Å². The molecule has 0 atom stereocenters. The summed E-state index contributed by atoms with van der Waals surface area (Å²) in [5.74, 6) is 2.68. The first-order valence-electron chi connectivity index (χ1n) is 5.83. The normalized spacial score (nSPS) is 26.8. The average molecular weight is 214 g/mol. The molecule has 0 unspecified atom stereocenters. The number of hydrogen-bond acceptors (Lipinski definition) is 3. The Bertz CT molecular complexity index is 172. The predicted molar refractivity (Wildman–Crippen MR) is 64.0 cm³/mol. The van der Waals surface area contributed by atoms with E-state index in [0.717, 1.165) is 18.1 Å². The molecular weight excluding hydrogens is 192 g/mol. The van der Waals surface area contributed by atoms with Crippen molar-refractivity contribution in [1.82, 2.24) is 10.2 Å². The number of nitrogens with zero attached hydrogens (tertiary/aromatic N) is 1. The van der Waals surface area contributed by atoms with E-state index in [9.17, 15) is 0 Å². The van der Waals surface area contributed by atoms with Gasteiger partial charge < -0.3 is 10.2 Å². The zero-order chi connectivity index (χ0) is 9.97. The molecule has 0 aromatic rings. The van der Waals surface area contributed by atoms with Gasteiger partial charge >= 0.3 is 0 Å². The molecule has 0 aromatic carbocycles. The molecule has 2 heterocycles. The molecule has 2 aliphatic rings. The fourth-order valence-corrected chi connectivity index (χ4v) is 2.91. The Morgan fingerprint density at radius 3 is 2.21 bits per heavy atom. The highest BCUT2D eigenvalue weighted by Gasteiger charge is 2.25. The van der Waals surface area contributed by atoms with Gasteiger partial charge in [-0.1, -0.05) is 0 Å². The minimum Gasteiger partial charge on any atom is -0.309 e. The summed E-state index contributed by atoms with van der Waals surface area (Å²) in [5.41, 5.74) is 0. The van der Waals surface area contributed by atoms with E-state index in [-0.39, 0.29) is 0 Å². The lowest BCUT2D eigenvalue weighted by molar-refractivity contribution is 0.158. The molecule has 0 aromatic heterocycles. The molecule has 0 radical (unpaired) electrons. The van der Waals surface area contributed by atoms with E-state index in [0.29, 0.717) is 0 Å². The molecule has 2 fully saturated rings. The lowest BCUT2D eigenvalue weighted by atomic mass is 10.0. The van der Waals surface area contributed by atoms with Gasteiger partial charge in [0.2, 0.25) is 0 Å². The standard InChI is InChI=1S/C11H22N2S/c1-9(2)13-5-3-10(4-6-13)12-11-7-14-8-11/h9-12H,3-8H2,1-2H3. The van der Waals surface area contributed by atoms with Gasteiger partial charge in [-0.2, -0.15) is 11.8 Å². The molecular formula is C11H22N2S. The van der Waals surface area contributed by atoms with Gasteiger partial charge in [0, 0.05) is 29.6 Å². The topological polar surface area (TPSA) is 15.3 Å². The van der Waals surface area contributed by atoms with Gasteiger partial charge in [-0.25, -0.2) is 0 Å². The van der Waals surface area contributed by atoms with Crippen molar-refractivity contribution in [3.63, 3.8) is 0 Å². The van der Waals surface area contributed by atoms with Gasteiger partial charge in [0.1, 0.15) is 0 Å². The van der Waals surface area contributed by atoms with Gasteiger partial charge in [-0.05, 0) is 39.8 Å². The van der Waals surface area contributed by atoms with Gasteiger partial charge in [0.05, 0.1) is 0 Å². The molecule has 1 N–H and O–H groups in total. The minimum absolute atomic E-state index is 0.732. The van der Waals surface area contributed by atoms with Gasteiger partial charge in [-0.15, -0.1) is 0 Å². The maximum Gasteiger partial charge on any atom is 0.0251 e. The van der Waals surface area contributed by atoms with Crippen molar-refractivity contribution in [2.45, 2.75) is 44.8 Å². The monoisotopic (exact) mass is 214 g/mol. The Labute approximate surface area is 91.8 Å². The highest BCUT2D eigenvalue weighted by atomic mass is 32.2. The van der Waals surface area contributed by atoms with Crippen LogP contribution in [0.15, 0.2) is 0 Å². The molecule has 14 heavy (non-hydrogen) atoms. The number of thioether (sulfide) groups is 1. The van der Waals surface area contributed by atoms with E-state index >= 15 is 0 Å². The highest BCUT2D eigenvalue weighted by molar-refractivity contribution is 8.00. The number of piperidine rings is 1. The largest absolute Gasteiger partial charge is 0.309 e. The second kappa shape index (κ2) is 4.86. The Hall–Kier alpha value is 0.270. The molecule has 3 heteroatoms. The average Bonchev–Trinajstić information content (AvgIpc) is 2.12. The second-order valence-corrected chi connectivity index (χ2v) is 5.88. The summed E-state index contributed by atoms with van der Waals surface area (Å²) in [6, 6.07) is 2.36. The molecule has 0 bridgehead atoms. The number of rotatable bonds is 3. The summed E-state index contributed by atoms with van der Waals surface area (Å²) < 4.78 is 0. The molecule has 0 aliphatic carbocycles. The van der Waals surface area contributed by atoms with Crippen LogP contribution in [0.2, 0.25) is 0 Å². The van der Waals surface area contributed by atoms with Crippen LogP contribution in [0.25, 0.3) is 0 Å².